The van der Waals surface area contributed by atoms with Crippen LogP contribution in [0.1, 0.15) is 27.6 Å². The van der Waals surface area contributed by atoms with Crippen molar-refractivity contribution in [1.82, 2.24) is 29.6 Å². The number of carbonyl (C=O) groups excluding carboxylic acids is 1. The molecular weight excluding hydrogens is 400 g/mol. The van der Waals surface area contributed by atoms with Crippen LogP contribution in [0.5, 0.6) is 0 Å². The van der Waals surface area contributed by atoms with Gasteiger partial charge in [-0.05, 0) is 60.5 Å². The number of hydrogen-bond acceptors (Lipinski definition) is 5. The Hall–Kier alpha value is -3.58. The van der Waals surface area contributed by atoms with Crippen LogP contribution in [-0.2, 0) is 13.1 Å². The van der Waals surface area contributed by atoms with Gasteiger partial charge in [0.15, 0.2) is 0 Å². The zero-order valence-corrected chi connectivity index (χ0v) is 17.1. The van der Waals surface area contributed by atoms with Crippen molar-refractivity contribution in [2.24, 2.45) is 0 Å². The summed E-state index contributed by atoms with van der Waals surface area (Å²) in [7, 11) is 0. The van der Waals surface area contributed by atoms with Gasteiger partial charge < -0.3 is 4.90 Å². The van der Waals surface area contributed by atoms with Gasteiger partial charge in [0.05, 0.1) is 5.69 Å². The highest BCUT2D eigenvalue weighted by molar-refractivity contribution is 6.30. The van der Waals surface area contributed by atoms with Crippen molar-refractivity contribution in [3.63, 3.8) is 0 Å². The van der Waals surface area contributed by atoms with Crippen LogP contribution in [0.25, 0.3) is 5.69 Å². The number of amides is 1. The zero-order chi connectivity index (χ0) is 20.9. The lowest BCUT2D eigenvalue weighted by atomic mass is 10.2. The van der Waals surface area contributed by atoms with E-state index in [0.29, 0.717) is 23.9 Å². The molecule has 3 heterocycles. The molecule has 4 aromatic rings. The molecule has 0 saturated heterocycles. The lowest BCUT2D eigenvalue weighted by molar-refractivity contribution is 0.0717. The van der Waals surface area contributed by atoms with Crippen LogP contribution in [0, 0.1) is 6.92 Å². The van der Waals surface area contributed by atoms with Crippen LogP contribution < -0.4 is 0 Å². The van der Waals surface area contributed by atoms with Crippen LogP contribution in [0.2, 0.25) is 5.02 Å². The molecule has 7 nitrogen and oxygen atoms in total. The van der Waals surface area contributed by atoms with E-state index >= 15 is 0 Å². The standard InChI is InChI=1S/C22H19ClN6O/c1-16-26-21(27-29(16)20-6-4-19(23)5-7-20)22(30)28(14-17-8-11-24-12-9-17)15-18-3-2-10-25-13-18/h2-13H,14-15H2,1H3. The topological polar surface area (TPSA) is 76.8 Å². The lowest BCUT2D eigenvalue weighted by Gasteiger charge is -2.21. The second-order valence-corrected chi connectivity index (χ2v) is 7.19. The summed E-state index contributed by atoms with van der Waals surface area (Å²) in [6, 6.07) is 14.8. The van der Waals surface area contributed by atoms with Gasteiger partial charge in [-0.25, -0.2) is 9.67 Å². The van der Waals surface area contributed by atoms with Gasteiger partial charge in [-0.15, -0.1) is 5.10 Å². The molecular formula is C22H19ClN6O. The molecule has 0 radical (unpaired) electrons. The second-order valence-electron chi connectivity index (χ2n) is 6.75. The summed E-state index contributed by atoms with van der Waals surface area (Å²) in [6.45, 7) is 2.61. The third-order valence-corrected chi connectivity index (χ3v) is 4.79. The third kappa shape index (κ3) is 4.52. The molecule has 4 rings (SSSR count). The summed E-state index contributed by atoms with van der Waals surface area (Å²) < 4.78 is 1.64. The maximum Gasteiger partial charge on any atom is 0.294 e. The van der Waals surface area contributed by atoms with Crippen LogP contribution in [0.4, 0.5) is 0 Å². The molecule has 30 heavy (non-hydrogen) atoms. The Labute approximate surface area is 179 Å². The van der Waals surface area contributed by atoms with E-state index < -0.39 is 0 Å². The first-order valence-electron chi connectivity index (χ1n) is 9.37. The molecule has 0 bridgehead atoms. The Kier molecular flexibility index (Phi) is 5.81. The lowest BCUT2D eigenvalue weighted by Crippen LogP contribution is -2.31. The van der Waals surface area contributed by atoms with Gasteiger partial charge >= 0.3 is 0 Å². The number of aryl methyl sites for hydroxylation is 1. The van der Waals surface area contributed by atoms with Crippen molar-refractivity contribution in [1.29, 1.82) is 0 Å². The Morgan fingerprint density at radius 3 is 2.40 bits per heavy atom. The minimum atomic E-state index is -0.258. The zero-order valence-electron chi connectivity index (χ0n) is 16.3. The number of aromatic nitrogens is 5. The van der Waals surface area contributed by atoms with E-state index in [0.717, 1.165) is 16.8 Å². The molecule has 0 aliphatic carbocycles. The minimum absolute atomic E-state index is 0.139. The summed E-state index contributed by atoms with van der Waals surface area (Å²) in [5.74, 6) is 0.498. The van der Waals surface area contributed by atoms with Crippen molar-refractivity contribution in [3.8, 4) is 5.69 Å². The molecule has 150 valence electrons. The number of pyridine rings is 2. The highest BCUT2D eigenvalue weighted by atomic mass is 35.5. The van der Waals surface area contributed by atoms with E-state index in [1.54, 1.807) is 46.5 Å². The van der Waals surface area contributed by atoms with Crippen LogP contribution >= 0.6 is 11.6 Å². The smallest absolute Gasteiger partial charge is 0.294 e. The van der Waals surface area contributed by atoms with Crippen molar-refractivity contribution in [3.05, 3.63) is 101 Å². The van der Waals surface area contributed by atoms with Gasteiger partial charge in [-0.3, -0.25) is 14.8 Å². The van der Waals surface area contributed by atoms with Gasteiger partial charge in [-0.1, -0.05) is 17.7 Å². The van der Waals surface area contributed by atoms with Gasteiger partial charge in [0, 0.05) is 42.9 Å². The Bertz CT molecular complexity index is 1090. The number of nitrogens with zero attached hydrogens (tertiary/aromatic N) is 6. The average molecular weight is 419 g/mol. The number of hydrogen-bond donors (Lipinski definition) is 0. The molecule has 0 unspecified atom stereocenters. The Morgan fingerprint density at radius 1 is 0.967 bits per heavy atom. The van der Waals surface area contributed by atoms with E-state index in [4.69, 9.17) is 11.6 Å². The SMILES string of the molecule is Cc1nc(C(=O)N(Cc2ccncc2)Cc2cccnc2)nn1-c1ccc(Cl)cc1. The predicted molar refractivity (Wildman–Crippen MR) is 113 cm³/mol. The van der Waals surface area contributed by atoms with Crippen LogP contribution in [-0.4, -0.2) is 35.5 Å². The Balaban J connectivity index is 1.64. The fourth-order valence-corrected chi connectivity index (χ4v) is 3.20. The van der Waals surface area contributed by atoms with Crippen LogP contribution in [0.3, 0.4) is 0 Å². The first-order chi connectivity index (χ1) is 14.6. The average Bonchev–Trinajstić information content (AvgIpc) is 3.16. The Morgan fingerprint density at radius 2 is 1.70 bits per heavy atom. The molecule has 0 fully saturated rings. The van der Waals surface area contributed by atoms with Crippen LogP contribution in [0.15, 0.2) is 73.3 Å². The first kappa shape index (κ1) is 19.7. The van der Waals surface area contributed by atoms with Crippen molar-refractivity contribution in [2.45, 2.75) is 20.0 Å². The number of halogens is 1. The van der Waals surface area contributed by atoms with E-state index in [9.17, 15) is 4.79 Å². The van der Waals surface area contributed by atoms with Gasteiger partial charge in [0.2, 0.25) is 5.82 Å². The third-order valence-electron chi connectivity index (χ3n) is 4.54. The molecule has 0 aliphatic heterocycles. The summed E-state index contributed by atoms with van der Waals surface area (Å²) in [5.41, 5.74) is 2.68. The van der Waals surface area contributed by atoms with Gasteiger partial charge in [0.1, 0.15) is 5.82 Å². The summed E-state index contributed by atoms with van der Waals surface area (Å²) in [5, 5.41) is 5.09. The number of benzene rings is 1. The van der Waals surface area contributed by atoms with E-state index in [2.05, 4.69) is 20.1 Å². The van der Waals surface area contributed by atoms with Crippen molar-refractivity contribution >= 4 is 17.5 Å². The molecule has 8 heteroatoms. The number of carbonyl (C=O) groups is 1. The van der Waals surface area contributed by atoms with Crippen molar-refractivity contribution < 1.29 is 4.79 Å². The van der Waals surface area contributed by atoms with Crippen molar-refractivity contribution in [2.75, 3.05) is 0 Å². The molecule has 0 N–H and O–H groups in total. The maximum atomic E-state index is 13.3. The molecule has 0 saturated carbocycles. The van der Waals surface area contributed by atoms with E-state index in [1.165, 1.54) is 0 Å². The molecule has 3 aromatic heterocycles. The summed E-state index contributed by atoms with van der Waals surface area (Å²) >= 11 is 5.97. The molecule has 1 aromatic carbocycles. The first-order valence-corrected chi connectivity index (χ1v) is 9.74. The maximum absolute atomic E-state index is 13.3. The molecule has 0 spiro atoms. The quantitative estimate of drug-likeness (QED) is 0.475. The summed E-state index contributed by atoms with van der Waals surface area (Å²) in [6.07, 6.45) is 6.87. The second kappa shape index (κ2) is 8.84. The molecule has 0 atom stereocenters. The summed E-state index contributed by atoms with van der Waals surface area (Å²) in [4.78, 5) is 27.6. The normalized spacial score (nSPS) is 10.7. The monoisotopic (exact) mass is 418 g/mol. The van der Waals surface area contributed by atoms with E-state index in [-0.39, 0.29) is 11.7 Å². The fourth-order valence-electron chi connectivity index (χ4n) is 3.07. The number of rotatable bonds is 6. The fraction of sp³-hybridized carbons (Fsp3) is 0.136. The highest BCUT2D eigenvalue weighted by Gasteiger charge is 2.22. The van der Waals surface area contributed by atoms with Gasteiger partial charge in [0.25, 0.3) is 5.91 Å². The predicted octanol–water partition coefficient (Wildman–Crippen LogP) is 3.86. The highest BCUT2D eigenvalue weighted by Crippen LogP contribution is 2.16. The van der Waals surface area contributed by atoms with Gasteiger partial charge in [-0.2, -0.15) is 0 Å². The molecule has 0 aliphatic rings. The van der Waals surface area contributed by atoms with E-state index in [1.807, 2.05) is 43.3 Å². The largest absolute Gasteiger partial charge is 0.327 e. The molecule has 1 amide bonds. The minimum Gasteiger partial charge on any atom is -0.327 e.